The molecule has 0 aliphatic heterocycles. The van der Waals surface area contributed by atoms with E-state index >= 15 is 0 Å². The number of carbonyl (C=O) groups is 1. The lowest BCUT2D eigenvalue weighted by Gasteiger charge is -2.43. The monoisotopic (exact) mass is 363 g/mol. The first-order chi connectivity index (χ1) is 12.3. The number of alkyl halides is 3. The largest absolute Gasteiger partial charge is 0.478 e. The van der Waals surface area contributed by atoms with Crippen LogP contribution in [0.15, 0.2) is 48.5 Å². The van der Waals surface area contributed by atoms with Crippen LogP contribution in [0.3, 0.4) is 0 Å². The number of benzene rings is 2. The number of aromatic carboxylic acids is 1. The normalized spacial score (nSPS) is 16.1. The number of halogens is 3. The maximum atomic E-state index is 13.0. The highest BCUT2D eigenvalue weighted by Crippen LogP contribution is 2.44. The number of carboxylic acid groups (broad SMARTS) is 1. The zero-order valence-electron chi connectivity index (χ0n) is 14.1. The Morgan fingerprint density at radius 2 is 1.85 bits per heavy atom. The Balaban J connectivity index is 1.70. The highest BCUT2D eigenvalue weighted by Gasteiger charge is 2.40. The molecule has 0 spiro atoms. The van der Waals surface area contributed by atoms with Crippen LogP contribution >= 0.6 is 0 Å². The topological polar surface area (TPSA) is 49.3 Å². The van der Waals surface area contributed by atoms with Gasteiger partial charge in [-0.2, -0.15) is 13.2 Å². The second-order valence-corrected chi connectivity index (χ2v) is 6.82. The molecule has 0 bridgehead atoms. The Kier molecular flexibility index (Phi) is 5.05. The average Bonchev–Trinajstić information content (AvgIpc) is 2.57. The third-order valence-corrected chi connectivity index (χ3v) is 5.08. The fourth-order valence-corrected chi connectivity index (χ4v) is 3.46. The molecule has 1 aliphatic rings. The lowest BCUT2D eigenvalue weighted by molar-refractivity contribution is -0.137. The van der Waals surface area contributed by atoms with Gasteiger partial charge < -0.3 is 10.4 Å². The minimum absolute atomic E-state index is 0.223. The third-order valence-electron chi connectivity index (χ3n) is 5.08. The van der Waals surface area contributed by atoms with E-state index in [9.17, 15) is 18.0 Å². The zero-order chi connectivity index (χ0) is 18.8. The summed E-state index contributed by atoms with van der Waals surface area (Å²) < 4.78 is 39.0. The van der Waals surface area contributed by atoms with Crippen LogP contribution in [0.25, 0.3) is 0 Å². The summed E-state index contributed by atoms with van der Waals surface area (Å²) in [5.74, 6) is -0.980. The molecular weight excluding hydrogens is 343 g/mol. The van der Waals surface area contributed by atoms with Crippen molar-refractivity contribution in [3.63, 3.8) is 0 Å². The van der Waals surface area contributed by atoms with Gasteiger partial charge in [-0.15, -0.1) is 0 Å². The maximum Gasteiger partial charge on any atom is 0.416 e. The number of carboxylic acids is 1. The van der Waals surface area contributed by atoms with Crippen molar-refractivity contribution in [2.75, 3.05) is 6.54 Å². The van der Waals surface area contributed by atoms with Crippen molar-refractivity contribution in [1.82, 2.24) is 5.32 Å². The van der Waals surface area contributed by atoms with Gasteiger partial charge in [0.25, 0.3) is 0 Å². The van der Waals surface area contributed by atoms with E-state index in [4.69, 9.17) is 5.11 Å². The Hall–Kier alpha value is -2.34. The zero-order valence-corrected chi connectivity index (χ0v) is 14.1. The van der Waals surface area contributed by atoms with Gasteiger partial charge in [-0.1, -0.05) is 36.8 Å². The van der Waals surface area contributed by atoms with Crippen LogP contribution in [0.4, 0.5) is 13.2 Å². The summed E-state index contributed by atoms with van der Waals surface area (Å²) in [6.45, 7) is 1.04. The summed E-state index contributed by atoms with van der Waals surface area (Å²) in [5.41, 5.74) is 0.871. The smallest absolute Gasteiger partial charge is 0.416 e. The third kappa shape index (κ3) is 3.90. The lowest BCUT2D eigenvalue weighted by atomic mass is 9.64. The summed E-state index contributed by atoms with van der Waals surface area (Å²) in [7, 11) is 0. The molecule has 3 nitrogen and oxygen atoms in total. The van der Waals surface area contributed by atoms with Gasteiger partial charge in [-0.05, 0) is 42.2 Å². The van der Waals surface area contributed by atoms with Gasteiger partial charge in [0.05, 0.1) is 11.1 Å². The fourth-order valence-electron chi connectivity index (χ4n) is 3.46. The van der Waals surface area contributed by atoms with Crippen LogP contribution in [0.1, 0.15) is 46.3 Å². The van der Waals surface area contributed by atoms with Gasteiger partial charge in [-0.3, -0.25) is 0 Å². The highest BCUT2D eigenvalue weighted by molar-refractivity contribution is 5.87. The summed E-state index contributed by atoms with van der Waals surface area (Å²) in [6, 6.07) is 12.2. The fraction of sp³-hybridized carbons (Fsp3) is 0.350. The van der Waals surface area contributed by atoms with Gasteiger partial charge in [0.1, 0.15) is 0 Å². The van der Waals surface area contributed by atoms with Crippen LogP contribution in [0, 0.1) is 0 Å². The molecule has 0 heterocycles. The summed E-state index contributed by atoms with van der Waals surface area (Å²) in [5, 5.41) is 12.3. The molecule has 1 saturated carbocycles. The van der Waals surface area contributed by atoms with E-state index in [0.717, 1.165) is 30.9 Å². The van der Waals surface area contributed by atoms with E-state index in [2.05, 4.69) is 5.32 Å². The molecule has 1 fully saturated rings. The Labute approximate surface area is 149 Å². The van der Waals surface area contributed by atoms with Crippen molar-refractivity contribution in [3.05, 3.63) is 70.8 Å². The Bertz CT molecular complexity index is 798. The van der Waals surface area contributed by atoms with E-state index in [1.807, 2.05) is 6.07 Å². The summed E-state index contributed by atoms with van der Waals surface area (Å²) in [6.07, 6.45) is -1.66. The first kappa shape index (κ1) is 18.5. The van der Waals surface area contributed by atoms with Crippen LogP contribution in [0.2, 0.25) is 0 Å². The van der Waals surface area contributed by atoms with Crippen molar-refractivity contribution >= 4 is 5.97 Å². The molecule has 138 valence electrons. The van der Waals surface area contributed by atoms with Crippen LogP contribution in [-0.2, 0) is 18.1 Å². The molecule has 0 aromatic heterocycles. The minimum Gasteiger partial charge on any atom is -0.478 e. The highest BCUT2D eigenvalue weighted by atomic mass is 19.4. The Morgan fingerprint density at radius 3 is 2.46 bits per heavy atom. The number of rotatable bonds is 6. The molecule has 0 unspecified atom stereocenters. The van der Waals surface area contributed by atoms with Gasteiger partial charge in [0, 0.05) is 18.5 Å². The number of hydrogen-bond acceptors (Lipinski definition) is 2. The van der Waals surface area contributed by atoms with E-state index in [1.165, 1.54) is 18.2 Å². The van der Waals surface area contributed by atoms with Crippen LogP contribution in [0.5, 0.6) is 0 Å². The van der Waals surface area contributed by atoms with Crippen molar-refractivity contribution in [2.45, 2.75) is 37.4 Å². The molecule has 3 rings (SSSR count). The second-order valence-electron chi connectivity index (χ2n) is 6.82. The first-order valence-electron chi connectivity index (χ1n) is 8.51. The quantitative estimate of drug-likeness (QED) is 0.788. The van der Waals surface area contributed by atoms with Gasteiger partial charge in [-0.25, -0.2) is 4.79 Å². The predicted molar refractivity (Wildman–Crippen MR) is 92.1 cm³/mol. The molecule has 1 aliphatic carbocycles. The first-order valence-corrected chi connectivity index (χ1v) is 8.51. The number of nitrogens with one attached hydrogen (secondary N) is 1. The minimum atomic E-state index is -4.34. The van der Waals surface area contributed by atoms with Crippen LogP contribution in [-0.4, -0.2) is 17.6 Å². The standard InChI is InChI=1S/C20H20F3NO2/c21-20(22,23)17-7-2-6-16(11-17)19(8-3-9-19)13-24-12-14-4-1-5-15(10-14)18(25)26/h1-2,4-7,10-11,24H,3,8-9,12-13H2,(H,25,26). The molecule has 26 heavy (non-hydrogen) atoms. The van der Waals surface area contributed by atoms with Crippen molar-refractivity contribution < 1.29 is 23.1 Å². The van der Waals surface area contributed by atoms with E-state index in [1.54, 1.807) is 18.2 Å². The average molecular weight is 363 g/mol. The lowest BCUT2D eigenvalue weighted by Crippen LogP contribution is -2.43. The van der Waals surface area contributed by atoms with Gasteiger partial charge >= 0.3 is 12.1 Å². The molecular formula is C20H20F3NO2. The summed E-state index contributed by atoms with van der Waals surface area (Å²) >= 11 is 0. The van der Waals surface area contributed by atoms with Crippen LogP contribution < -0.4 is 5.32 Å². The molecule has 2 aromatic rings. The Morgan fingerprint density at radius 1 is 1.12 bits per heavy atom. The van der Waals surface area contributed by atoms with Crippen molar-refractivity contribution in [2.24, 2.45) is 0 Å². The van der Waals surface area contributed by atoms with E-state index in [-0.39, 0.29) is 11.0 Å². The SMILES string of the molecule is O=C(O)c1cccc(CNCC2(c3cccc(C(F)(F)F)c3)CCC2)c1. The molecule has 2 aromatic carbocycles. The molecule has 6 heteroatoms. The van der Waals surface area contributed by atoms with Gasteiger partial charge in [0.15, 0.2) is 0 Å². The molecule has 0 radical (unpaired) electrons. The van der Waals surface area contributed by atoms with Crippen molar-refractivity contribution in [3.8, 4) is 0 Å². The maximum absolute atomic E-state index is 13.0. The molecule has 2 N–H and O–H groups in total. The van der Waals surface area contributed by atoms with Gasteiger partial charge in [0.2, 0.25) is 0 Å². The molecule has 0 amide bonds. The number of hydrogen-bond donors (Lipinski definition) is 2. The summed E-state index contributed by atoms with van der Waals surface area (Å²) in [4.78, 5) is 11.0. The van der Waals surface area contributed by atoms with E-state index in [0.29, 0.717) is 18.7 Å². The molecule has 0 saturated heterocycles. The van der Waals surface area contributed by atoms with Crippen molar-refractivity contribution in [1.29, 1.82) is 0 Å². The predicted octanol–water partition coefficient (Wildman–Crippen LogP) is 4.62. The second kappa shape index (κ2) is 7.11. The van der Waals surface area contributed by atoms with E-state index < -0.39 is 17.7 Å². The molecule has 0 atom stereocenters.